The summed E-state index contributed by atoms with van der Waals surface area (Å²) in [5.41, 5.74) is 0.607. The lowest BCUT2D eigenvalue weighted by Crippen LogP contribution is -2.48. The van der Waals surface area contributed by atoms with E-state index in [2.05, 4.69) is 5.32 Å². The molecule has 2 saturated carbocycles. The van der Waals surface area contributed by atoms with Crippen molar-refractivity contribution in [2.75, 3.05) is 6.54 Å². The van der Waals surface area contributed by atoms with Gasteiger partial charge in [0.2, 0.25) is 0 Å². The molecule has 3 N–H and O–H groups in total. The average Bonchev–Trinajstić information content (AvgIpc) is 3.40. The number of nitrogens with zero attached hydrogens (tertiary/aromatic N) is 1. The Morgan fingerprint density at radius 1 is 1.17 bits per heavy atom. The summed E-state index contributed by atoms with van der Waals surface area (Å²) in [4.78, 5) is 14.3. The van der Waals surface area contributed by atoms with E-state index in [0.29, 0.717) is 18.4 Å². The zero-order valence-corrected chi connectivity index (χ0v) is 13.7. The van der Waals surface area contributed by atoms with Crippen LogP contribution in [0.25, 0.3) is 0 Å². The summed E-state index contributed by atoms with van der Waals surface area (Å²) in [6.45, 7) is 0.206. The highest BCUT2D eigenvalue weighted by atomic mass is 19.1. The van der Waals surface area contributed by atoms with Crippen molar-refractivity contribution in [1.29, 1.82) is 0 Å². The zero-order valence-electron chi connectivity index (χ0n) is 13.7. The first kappa shape index (κ1) is 17.2. The molecule has 3 rings (SSSR count). The van der Waals surface area contributed by atoms with Gasteiger partial charge in [-0.1, -0.05) is 12.1 Å². The number of urea groups is 1. The largest absolute Gasteiger partial charge is 0.393 e. The molecule has 1 aromatic rings. The molecule has 0 bridgehead atoms. The van der Waals surface area contributed by atoms with Crippen molar-refractivity contribution in [2.24, 2.45) is 0 Å². The summed E-state index contributed by atoms with van der Waals surface area (Å²) in [6.07, 6.45) is 3.82. The highest BCUT2D eigenvalue weighted by Crippen LogP contribution is 2.29. The molecule has 0 radical (unpaired) electrons. The van der Waals surface area contributed by atoms with Gasteiger partial charge in [0, 0.05) is 12.1 Å². The predicted octanol–water partition coefficient (Wildman–Crippen LogP) is 2.34. The van der Waals surface area contributed by atoms with E-state index in [1.807, 2.05) is 0 Å². The summed E-state index contributed by atoms with van der Waals surface area (Å²) >= 11 is 0. The van der Waals surface area contributed by atoms with Gasteiger partial charge in [-0.15, -0.1) is 0 Å². The first-order chi connectivity index (χ1) is 11.5. The first-order valence-electron chi connectivity index (χ1n) is 8.71. The summed E-state index contributed by atoms with van der Waals surface area (Å²) in [5, 5.41) is 23.0. The molecule has 2 amide bonds. The lowest BCUT2D eigenvalue weighted by Gasteiger charge is -2.31. The maximum atomic E-state index is 13.0. The number of carbonyl (C=O) groups is 1. The van der Waals surface area contributed by atoms with Crippen molar-refractivity contribution in [3.05, 3.63) is 35.6 Å². The molecule has 132 valence electrons. The molecule has 5 nitrogen and oxygen atoms in total. The quantitative estimate of drug-likeness (QED) is 0.773. The fourth-order valence-electron chi connectivity index (χ4n) is 3.24. The van der Waals surface area contributed by atoms with E-state index in [1.54, 1.807) is 17.0 Å². The third-order valence-corrected chi connectivity index (χ3v) is 4.90. The van der Waals surface area contributed by atoms with Gasteiger partial charge in [0.05, 0.1) is 18.8 Å². The van der Waals surface area contributed by atoms with Crippen LogP contribution in [0.15, 0.2) is 24.3 Å². The van der Waals surface area contributed by atoms with Gasteiger partial charge in [-0.25, -0.2) is 9.18 Å². The Bertz CT molecular complexity index is 554. The molecule has 2 aliphatic carbocycles. The zero-order chi connectivity index (χ0) is 17.1. The monoisotopic (exact) mass is 336 g/mol. The highest BCUT2D eigenvalue weighted by Gasteiger charge is 2.35. The van der Waals surface area contributed by atoms with Gasteiger partial charge in [0.25, 0.3) is 0 Å². The molecule has 0 aliphatic heterocycles. The van der Waals surface area contributed by atoms with E-state index in [-0.39, 0.29) is 36.6 Å². The number of benzene rings is 1. The third-order valence-electron chi connectivity index (χ3n) is 4.90. The fourth-order valence-corrected chi connectivity index (χ4v) is 3.24. The van der Waals surface area contributed by atoms with Crippen molar-refractivity contribution in [2.45, 2.75) is 62.8 Å². The molecule has 1 aromatic carbocycles. The van der Waals surface area contributed by atoms with Crippen LogP contribution in [-0.4, -0.2) is 45.9 Å². The van der Waals surface area contributed by atoms with Crippen LogP contribution in [0.1, 0.15) is 50.2 Å². The van der Waals surface area contributed by atoms with Crippen molar-refractivity contribution >= 4 is 6.03 Å². The minimum absolute atomic E-state index is 0.0881. The van der Waals surface area contributed by atoms with Gasteiger partial charge < -0.3 is 20.4 Å². The SMILES string of the molecule is O=C(NC1CCC(O)CC1)N(CC(O)c1ccc(F)cc1)C1CC1. The van der Waals surface area contributed by atoms with Gasteiger partial charge in [-0.2, -0.15) is 0 Å². The van der Waals surface area contributed by atoms with Crippen LogP contribution in [0.4, 0.5) is 9.18 Å². The molecule has 2 aliphatic rings. The van der Waals surface area contributed by atoms with Gasteiger partial charge in [0.15, 0.2) is 0 Å². The Hall–Kier alpha value is -1.66. The molecule has 0 heterocycles. The van der Waals surface area contributed by atoms with E-state index in [1.165, 1.54) is 12.1 Å². The van der Waals surface area contributed by atoms with Crippen LogP contribution in [-0.2, 0) is 0 Å². The summed E-state index contributed by atoms with van der Waals surface area (Å²) in [7, 11) is 0. The summed E-state index contributed by atoms with van der Waals surface area (Å²) in [6, 6.07) is 5.83. The van der Waals surface area contributed by atoms with Crippen LogP contribution in [0.2, 0.25) is 0 Å². The number of rotatable bonds is 5. The van der Waals surface area contributed by atoms with Crippen molar-refractivity contribution in [3.63, 3.8) is 0 Å². The Morgan fingerprint density at radius 3 is 2.38 bits per heavy atom. The molecule has 0 aromatic heterocycles. The van der Waals surface area contributed by atoms with E-state index >= 15 is 0 Å². The molecule has 0 saturated heterocycles. The normalized spacial score (nSPS) is 25.1. The van der Waals surface area contributed by atoms with Crippen LogP contribution in [0, 0.1) is 5.82 Å². The van der Waals surface area contributed by atoms with Gasteiger partial charge in [0.1, 0.15) is 5.82 Å². The van der Waals surface area contributed by atoms with Crippen LogP contribution in [0.3, 0.4) is 0 Å². The van der Waals surface area contributed by atoms with Crippen LogP contribution < -0.4 is 5.32 Å². The molecular formula is C18H25FN2O3. The lowest BCUT2D eigenvalue weighted by molar-refractivity contribution is 0.104. The van der Waals surface area contributed by atoms with Crippen molar-refractivity contribution in [3.8, 4) is 0 Å². The summed E-state index contributed by atoms with van der Waals surface area (Å²) in [5.74, 6) is -0.345. The van der Waals surface area contributed by atoms with Gasteiger partial charge in [-0.3, -0.25) is 0 Å². The fraction of sp³-hybridized carbons (Fsp3) is 0.611. The second-order valence-electron chi connectivity index (χ2n) is 6.91. The Morgan fingerprint density at radius 2 is 1.79 bits per heavy atom. The Labute approximate surface area is 141 Å². The summed E-state index contributed by atoms with van der Waals surface area (Å²) < 4.78 is 13.0. The van der Waals surface area contributed by atoms with Gasteiger partial charge in [-0.05, 0) is 56.2 Å². The van der Waals surface area contributed by atoms with Gasteiger partial charge >= 0.3 is 6.03 Å². The van der Waals surface area contributed by atoms with E-state index < -0.39 is 6.10 Å². The first-order valence-corrected chi connectivity index (χ1v) is 8.71. The van der Waals surface area contributed by atoms with Crippen molar-refractivity contribution < 1.29 is 19.4 Å². The number of aliphatic hydroxyl groups is 2. The Balaban J connectivity index is 1.57. The average molecular weight is 336 g/mol. The smallest absolute Gasteiger partial charge is 0.317 e. The Kier molecular flexibility index (Phi) is 5.36. The molecule has 2 fully saturated rings. The standard InChI is InChI=1S/C18H25FN2O3/c19-13-3-1-12(2-4-13)17(23)11-21(15-7-8-15)18(24)20-14-5-9-16(22)10-6-14/h1-4,14-17,22-23H,5-11H2,(H,20,24). The van der Waals surface area contributed by atoms with E-state index in [0.717, 1.165) is 25.7 Å². The van der Waals surface area contributed by atoms with Crippen molar-refractivity contribution in [1.82, 2.24) is 10.2 Å². The minimum Gasteiger partial charge on any atom is -0.393 e. The molecule has 0 spiro atoms. The number of amides is 2. The predicted molar refractivity (Wildman–Crippen MR) is 87.9 cm³/mol. The minimum atomic E-state index is -0.829. The maximum Gasteiger partial charge on any atom is 0.317 e. The second-order valence-corrected chi connectivity index (χ2v) is 6.91. The number of hydrogen-bond donors (Lipinski definition) is 3. The number of nitrogens with one attached hydrogen (secondary N) is 1. The molecule has 6 heteroatoms. The number of aliphatic hydroxyl groups excluding tert-OH is 2. The lowest BCUT2D eigenvalue weighted by atomic mass is 9.93. The second kappa shape index (κ2) is 7.49. The molecular weight excluding hydrogens is 311 g/mol. The molecule has 1 unspecified atom stereocenters. The maximum absolute atomic E-state index is 13.0. The number of carbonyl (C=O) groups excluding carboxylic acids is 1. The van der Waals surface area contributed by atoms with Crippen LogP contribution in [0.5, 0.6) is 0 Å². The number of halogens is 1. The highest BCUT2D eigenvalue weighted by molar-refractivity contribution is 5.75. The number of hydrogen-bond acceptors (Lipinski definition) is 3. The third kappa shape index (κ3) is 4.45. The molecule has 1 atom stereocenters. The van der Waals surface area contributed by atoms with E-state index in [9.17, 15) is 19.4 Å². The molecule has 24 heavy (non-hydrogen) atoms. The van der Waals surface area contributed by atoms with E-state index in [4.69, 9.17) is 0 Å². The van der Waals surface area contributed by atoms with Crippen LogP contribution >= 0.6 is 0 Å². The topological polar surface area (TPSA) is 72.8 Å².